The van der Waals surface area contributed by atoms with Crippen molar-refractivity contribution in [2.75, 3.05) is 51.3 Å². The van der Waals surface area contributed by atoms with Gasteiger partial charge in [-0.1, -0.05) is 54.6 Å². The van der Waals surface area contributed by atoms with Crippen LogP contribution in [0.4, 0.5) is 10.6 Å². The zero-order chi connectivity index (χ0) is 32.2. The summed E-state index contributed by atoms with van der Waals surface area (Å²) in [7, 11) is 2.13. The van der Waals surface area contributed by atoms with Crippen LogP contribution >= 0.6 is 0 Å². The number of aromatic nitrogens is 3. The SMILES string of the molecule is [C-]#[N+]C[C@H]1CN(c2nc(OCC3CCCN3C)nc3c2COC(c2cncc4ccccc24)C3)CCN1C(=O)OCc1ccccc1. The molecule has 7 rings (SSSR count). The molecule has 0 saturated carbocycles. The highest BCUT2D eigenvalue weighted by Gasteiger charge is 2.37. The summed E-state index contributed by atoms with van der Waals surface area (Å²) in [6.45, 7) is 11.3. The number of rotatable bonds is 8. The molecule has 2 unspecified atom stereocenters. The number of anilines is 1. The van der Waals surface area contributed by atoms with Crippen LogP contribution in [0.2, 0.25) is 0 Å². The smallest absolute Gasteiger partial charge is 0.410 e. The van der Waals surface area contributed by atoms with Gasteiger partial charge >= 0.3 is 12.1 Å². The fourth-order valence-corrected chi connectivity index (χ4v) is 6.86. The van der Waals surface area contributed by atoms with Crippen LogP contribution in [0.1, 0.15) is 41.3 Å². The molecule has 11 nitrogen and oxygen atoms in total. The van der Waals surface area contributed by atoms with Gasteiger partial charge in [0.25, 0.3) is 0 Å². The van der Waals surface area contributed by atoms with Gasteiger partial charge in [-0.25, -0.2) is 11.4 Å². The van der Waals surface area contributed by atoms with E-state index in [1.54, 1.807) is 4.90 Å². The Morgan fingerprint density at radius 2 is 1.89 bits per heavy atom. The molecule has 4 aromatic rings. The predicted molar refractivity (Wildman–Crippen MR) is 177 cm³/mol. The number of amides is 1. The average molecular weight is 634 g/mol. The monoisotopic (exact) mass is 633 g/mol. The third kappa shape index (κ3) is 6.70. The first-order chi connectivity index (χ1) is 23.1. The van der Waals surface area contributed by atoms with Crippen LogP contribution in [0.15, 0.2) is 67.0 Å². The van der Waals surface area contributed by atoms with Crippen LogP contribution in [0.25, 0.3) is 15.6 Å². The van der Waals surface area contributed by atoms with Crippen molar-refractivity contribution in [2.45, 2.75) is 50.7 Å². The van der Waals surface area contributed by atoms with E-state index in [1.807, 2.05) is 54.9 Å². The lowest BCUT2D eigenvalue weighted by Gasteiger charge is -2.40. The molecule has 3 aliphatic rings. The normalized spacial score (nSPS) is 21.3. The first kappa shape index (κ1) is 30.8. The van der Waals surface area contributed by atoms with Gasteiger partial charge in [-0.15, -0.1) is 0 Å². The van der Waals surface area contributed by atoms with Gasteiger partial charge in [-0.3, -0.25) is 9.88 Å². The number of likely N-dealkylation sites (N-methyl/N-ethyl adjacent to an activating group) is 1. The van der Waals surface area contributed by atoms with Gasteiger partial charge in [0.1, 0.15) is 25.1 Å². The van der Waals surface area contributed by atoms with Crippen LogP contribution < -0.4 is 9.64 Å². The molecule has 0 N–H and O–H groups in total. The number of ether oxygens (including phenoxy) is 3. The minimum atomic E-state index is -0.411. The number of benzene rings is 2. The number of piperazine rings is 1. The molecule has 2 aromatic carbocycles. The molecule has 3 aliphatic heterocycles. The summed E-state index contributed by atoms with van der Waals surface area (Å²) in [5, 5.41) is 2.18. The van der Waals surface area contributed by atoms with E-state index >= 15 is 0 Å². The summed E-state index contributed by atoms with van der Waals surface area (Å²) in [5.41, 5.74) is 3.76. The molecule has 2 saturated heterocycles. The highest BCUT2D eigenvalue weighted by molar-refractivity contribution is 5.85. The number of fused-ring (bicyclic) bond motifs is 2. The number of carbonyl (C=O) groups excluding carboxylic acids is 1. The standard InChI is InChI=1S/C36H39N7O4/c1-37-19-28-21-42(15-16-43(28)36(44)47-22-25-9-4-3-5-10-25)34-31-24-45-33(30-20-38-18-26-11-6-7-13-29(26)30)17-32(31)39-35(40-34)46-23-27-12-8-14-41(27)2/h3-7,9-11,13,18,20,27-28,33H,8,12,14-17,19,21-24H2,2H3/t27?,28-,33?/m0/s1. The van der Waals surface area contributed by atoms with Gasteiger partial charge in [0.2, 0.25) is 6.54 Å². The van der Waals surface area contributed by atoms with Crippen molar-refractivity contribution in [1.29, 1.82) is 0 Å². The van der Waals surface area contributed by atoms with Crippen molar-refractivity contribution < 1.29 is 19.0 Å². The molecule has 0 radical (unpaired) electrons. The molecule has 0 aliphatic carbocycles. The summed E-state index contributed by atoms with van der Waals surface area (Å²) in [4.78, 5) is 37.4. The number of pyridine rings is 1. The summed E-state index contributed by atoms with van der Waals surface area (Å²) in [5.74, 6) is 0.742. The molecule has 3 atom stereocenters. The Labute approximate surface area is 274 Å². The van der Waals surface area contributed by atoms with Gasteiger partial charge in [-0.2, -0.15) is 9.97 Å². The lowest BCUT2D eigenvalue weighted by atomic mass is 9.96. The quantitative estimate of drug-likeness (QED) is 0.247. The van der Waals surface area contributed by atoms with E-state index in [-0.39, 0.29) is 25.3 Å². The highest BCUT2D eigenvalue weighted by atomic mass is 16.6. The summed E-state index contributed by atoms with van der Waals surface area (Å²) in [6.07, 6.45) is 5.92. The van der Waals surface area contributed by atoms with Gasteiger partial charge in [-0.05, 0) is 37.4 Å². The second-order valence-corrected chi connectivity index (χ2v) is 12.5. The molecular formula is C36H39N7O4. The van der Waals surface area contributed by atoms with Crippen LogP contribution in [-0.4, -0.2) is 89.3 Å². The van der Waals surface area contributed by atoms with E-state index in [1.165, 1.54) is 0 Å². The molecule has 0 spiro atoms. The third-order valence-electron chi connectivity index (χ3n) is 9.50. The van der Waals surface area contributed by atoms with Gasteiger partial charge in [0.15, 0.2) is 0 Å². The molecular weight excluding hydrogens is 594 g/mol. The summed E-state index contributed by atoms with van der Waals surface area (Å²) < 4.78 is 18.5. The number of likely N-dealkylation sites (tertiary alicyclic amines) is 1. The van der Waals surface area contributed by atoms with Crippen molar-refractivity contribution >= 4 is 22.7 Å². The summed E-state index contributed by atoms with van der Waals surface area (Å²) in [6, 6.07) is 18.1. The van der Waals surface area contributed by atoms with Crippen LogP contribution in [-0.2, 0) is 29.1 Å². The van der Waals surface area contributed by atoms with E-state index in [0.717, 1.165) is 58.4 Å². The zero-order valence-electron chi connectivity index (χ0n) is 26.6. The van der Waals surface area contributed by atoms with Gasteiger partial charge in [0.05, 0.1) is 18.4 Å². The molecule has 11 heteroatoms. The fraction of sp³-hybridized carbons (Fsp3) is 0.417. The number of carbonyl (C=O) groups is 1. The minimum absolute atomic E-state index is 0.161. The number of hydrogen-bond donors (Lipinski definition) is 0. The van der Waals surface area contributed by atoms with Crippen LogP contribution in [0.3, 0.4) is 0 Å². The Hall–Kier alpha value is -4.79. The third-order valence-corrected chi connectivity index (χ3v) is 9.50. The van der Waals surface area contributed by atoms with Crippen molar-refractivity contribution in [3.8, 4) is 6.01 Å². The number of nitrogens with zero attached hydrogens (tertiary/aromatic N) is 7. The second-order valence-electron chi connectivity index (χ2n) is 12.5. The zero-order valence-corrected chi connectivity index (χ0v) is 26.6. The van der Waals surface area contributed by atoms with E-state index in [0.29, 0.717) is 51.3 Å². The fourth-order valence-electron chi connectivity index (χ4n) is 6.86. The van der Waals surface area contributed by atoms with Gasteiger partial charge in [0, 0.05) is 61.0 Å². The van der Waals surface area contributed by atoms with Crippen molar-refractivity contribution in [1.82, 2.24) is 24.8 Å². The maximum absolute atomic E-state index is 13.2. The van der Waals surface area contributed by atoms with E-state index in [9.17, 15) is 4.79 Å². The molecule has 47 heavy (non-hydrogen) atoms. The van der Waals surface area contributed by atoms with Gasteiger partial charge < -0.3 is 28.9 Å². The predicted octanol–water partition coefficient (Wildman–Crippen LogP) is 5.06. The molecule has 1 amide bonds. The maximum atomic E-state index is 13.2. The summed E-state index contributed by atoms with van der Waals surface area (Å²) >= 11 is 0. The molecule has 0 bridgehead atoms. The van der Waals surface area contributed by atoms with E-state index in [2.05, 4.69) is 38.8 Å². The van der Waals surface area contributed by atoms with Crippen molar-refractivity contribution in [3.05, 3.63) is 101 Å². The Bertz CT molecular complexity index is 1760. The van der Waals surface area contributed by atoms with E-state index in [4.69, 9.17) is 30.8 Å². The Morgan fingerprint density at radius 1 is 1.04 bits per heavy atom. The Morgan fingerprint density at radius 3 is 2.72 bits per heavy atom. The first-order valence-corrected chi connectivity index (χ1v) is 16.3. The molecule has 242 valence electrons. The largest absolute Gasteiger partial charge is 0.462 e. The number of hydrogen-bond acceptors (Lipinski definition) is 9. The highest BCUT2D eigenvalue weighted by Crippen LogP contribution is 2.37. The van der Waals surface area contributed by atoms with Crippen LogP contribution in [0.5, 0.6) is 6.01 Å². The lowest BCUT2D eigenvalue weighted by molar-refractivity contribution is 0.0261. The van der Waals surface area contributed by atoms with E-state index < -0.39 is 6.09 Å². The first-order valence-electron chi connectivity index (χ1n) is 16.3. The Kier molecular flexibility index (Phi) is 9.13. The molecule has 2 fully saturated rings. The van der Waals surface area contributed by atoms with Crippen molar-refractivity contribution in [3.63, 3.8) is 0 Å². The molecule has 5 heterocycles. The minimum Gasteiger partial charge on any atom is -0.462 e. The Balaban J connectivity index is 1.15. The topological polar surface area (TPSA) is 97.5 Å². The second kappa shape index (κ2) is 13.9. The van der Waals surface area contributed by atoms with Crippen LogP contribution in [0, 0.1) is 6.57 Å². The molecule has 2 aromatic heterocycles. The lowest BCUT2D eigenvalue weighted by Crippen LogP contribution is -2.57. The maximum Gasteiger partial charge on any atom is 0.410 e. The van der Waals surface area contributed by atoms with Crippen molar-refractivity contribution in [2.24, 2.45) is 0 Å². The average Bonchev–Trinajstić information content (AvgIpc) is 3.53.